The van der Waals surface area contributed by atoms with E-state index in [0.29, 0.717) is 0 Å². The molecule has 0 aromatic rings. The largest absolute Gasteiger partial charge is 0.462 e. The second kappa shape index (κ2) is 10.2. The first kappa shape index (κ1) is 29.2. The Hall–Kier alpha value is -0.800. The predicted octanol–water partition coefficient (Wildman–Crippen LogP) is 5.21. The van der Waals surface area contributed by atoms with E-state index in [-0.39, 0.29) is 18.9 Å². The molecule has 0 heterocycles. The van der Waals surface area contributed by atoms with Crippen molar-refractivity contribution in [1.29, 1.82) is 0 Å². The van der Waals surface area contributed by atoms with Crippen LogP contribution in [0, 0.1) is 0 Å². The SMILES string of the molecule is CC(COC(=O)C(F)(OC(F)(F)C(F)(F)C(F)(F)F)C(F)(F)F)OCCC(Cl)CCl. The van der Waals surface area contributed by atoms with Gasteiger partial charge in [0.15, 0.2) is 0 Å². The molecule has 0 aliphatic carbocycles. The summed E-state index contributed by atoms with van der Waals surface area (Å²) in [4.78, 5) is 11.3. The number of esters is 1. The summed E-state index contributed by atoms with van der Waals surface area (Å²) >= 11 is 11.0. The summed E-state index contributed by atoms with van der Waals surface area (Å²) in [6, 6.07) is 0. The lowest BCUT2D eigenvalue weighted by atomic mass is 10.2. The molecular formula is C13H13Cl2F11O4. The van der Waals surface area contributed by atoms with Crippen LogP contribution in [0.25, 0.3) is 0 Å². The number of alkyl halides is 13. The molecule has 0 saturated heterocycles. The van der Waals surface area contributed by atoms with Gasteiger partial charge in [0, 0.05) is 17.9 Å². The van der Waals surface area contributed by atoms with Crippen molar-refractivity contribution in [1.82, 2.24) is 0 Å². The van der Waals surface area contributed by atoms with Gasteiger partial charge in [-0.3, -0.25) is 4.74 Å². The second-order valence-corrected chi connectivity index (χ2v) is 6.53. The highest BCUT2D eigenvalue weighted by atomic mass is 35.5. The van der Waals surface area contributed by atoms with Gasteiger partial charge in [0.05, 0.1) is 6.10 Å². The minimum atomic E-state index is -7.28. The van der Waals surface area contributed by atoms with E-state index in [2.05, 4.69) is 9.47 Å². The average molecular weight is 513 g/mol. The van der Waals surface area contributed by atoms with E-state index in [0.717, 1.165) is 6.92 Å². The third-order valence-electron chi connectivity index (χ3n) is 3.07. The number of carbonyl (C=O) groups is 1. The Labute approximate surface area is 171 Å². The van der Waals surface area contributed by atoms with Crippen LogP contribution in [-0.2, 0) is 19.0 Å². The summed E-state index contributed by atoms with van der Waals surface area (Å²) in [5, 5.41) is -0.573. The van der Waals surface area contributed by atoms with Crippen LogP contribution in [0.15, 0.2) is 0 Å². The van der Waals surface area contributed by atoms with Crippen molar-refractivity contribution in [3.8, 4) is 0 Å². The highest BCUT2D eigenvalue weighted by molar-refractivity contribution is 6.28. The lowest BCUT2D eigenvalue weighted by Crippen LogP contribution is -2.62. The third kappa shape index (κ3) is 7.12. The molecule has 0 aliphatic rings. The number of carbonyl (C=O) groups excluding carboxylic acids is 1. The van der Waals surface area contributed by atoms with Crippen LogP contribution < -0.4 is 0 Å². The maximum absolute atomic E-state index is 13.9. The molecule has 180 valence electrons. The zero-order valence-electron chi connectivity index (χ0n) is 14.5. The Morgan fingerprint density at radius 1 is 0.933 bits per heavy atom. The van der Waals surface area contributed by atoms with E-state index in [9.17, 15) is 53.1 Å². The molecule has 17 heteroatoms. The minimum absolute atomic E-state index is 0.00164. The first-order chi connectivity index (χ1) is 13.2. The van der Waals surface area contributed by atoms with Crippen molar-refractivity contribution in [2.24, 2.45) is 0 Å². The van der Waals surface area contributed by atoms with Crippen molar-refractivity contribution in [3.05, 3.63) is 0 Å². The van der Waals surface area contributed by atoms with Gasteiger partial charge in [0.25, 0.3) is 0 Å². The predicted molar refractivity (Wildman–Crippen MR) is 78.3 cm³/mol. The van der Waals surface area contributed by atoms with E-state index in [1.807, 2.05) is 0 Å². The molecule has 0 fully saturated rings. The molecule has 0 aromatic carbocycles. The van der Waals surface area contributed by atoms with Crippen LogP contribution in [0.5, 0.6) is 0 Å². The molecule has 0 radical (unpaired) electrons. The summed E-state index contributed by atoms with van der Waals surface area (Å²) in [5.41, 5.74) is 0. The third-order valence-corrected chi connectivity index (χ3v) is 3.97. The van der Waals surface area contributed by atoms with Crippen molar-refractivity contribution in [2.75, 3.05) is 19.1 Å². The lowest BCUT2D eigenvalue weighted by molar-refractivity contribution is -0.475. The second-order valence-electron chi connectivity index (χ2n) is 5.60. The fourth-order valence-corrected chi connectivity index (χ4v) is 1.67. The molecule has 0 rings (SSSR count). The molecule has 0 amide bonds. The van der Waals surface area contributed by atoms with Crippen molar-refractivity contribution in [2.45, 2.75) is 55.1 Å². The van der Waals surface area contributed by atoms with Crippen LogP contribution in [0.2, 0.25) is 0 Å². The van der Waals surface area contributed by atoms with Gasteiger partial charge in [-0.15, -0.1) is 23.2 Å². The van der Waals surface area contributed by atoms with Gasteiger partial charge in [-0.25, -0.2) is 4.79 Å². The molecular weight excluding hydrogens is 500 g/mol. The maximum atomic E-state index is 13.9. The van der Waals surface area contributed by atoms with Crippen LogP contribution >= 0.6 is 23.2 Å². The average Bonchev–Trinajstić information content (AvgIpc) is 2.56. The van der Waals surface area contributed by atoms with Gasteiger partial charge in [-0.1, -0.05) is 0 Å². The van der Waals surface area contributed by atoms with E-state index in [1.54, 1.807) is 0 Å². The van der Waals surface area contributed by atoms with Gasteiger partial charge in [-0.05, 0) is 13.3 Å². The molecule has 0 aliphatic heterocycles. The van der Waals surface area contributed by atoms with Crippen LogP contribution in [0.3, 0.4) is 0 Å². The van der Waals surface area contributed by atoms with Gasteiger partial charge in [0.2, 0.25) is 0 Å². The first-order valence-electron chi connectivity index (χ1n) is 7.50. The molecule has 3 atom stereocenters. The Morgan fingerprint density at radius 3 is 1.83 bits per heavy atom. The van der Waals surface area contributed by atoms with Crippen LogP contribution in [0.1, 0.15) is 13.3 Å². The number of hydrogen-bond donors (Lipinski definition) is 0. The van der Waals surface area contributed by atoms with Crippen LogP contribution in [0.4, 0.5) is 48.3 Å². The van der Waals surface area contributed by atoms with Crippen molar-refractivity contribution >= 4 is 29.2 Å². The lowest BCUT2D eigenvalue weighted by Gasteiger charge is -2.33. The van der Waals surface area contributed by atoms with Gasteiger partial charge >= 0.3 is 36.2 Å². The Balaban J connectivity index is 5.34. The summed E-state index contributed by atoms with van der Waals surface area (Å²) in [6.07, 6.45) is -22.3. The zero-order valence-corrected chi connectivity index (χ0v) is 16.0. The smallest absolute Gasteiger partial charge is 0.458 e. The quantitative estimate of drug-likeness (QED) is 0.217. The minimum Gasteiger partial charge on any atom is -0.458 e. The van der Waals surface area contributed by atoms with Gasteiger partial charge < -0.3 is 9.47 Å². The van der Waals surface area contributed by atoms with Crippen molar-refractivity contribution < 1.29 is 67.3 Å². The van der Waals surface area contributed by atoms with Gasteiger partial charge in [0.1, 0.15) is 6.61 Å². The van der Waals surface area contributed by atoms with Crippen LogP contribution in [-0.4, -0.2) is 66.8 Å². The summed E-state index contributed by atoms with van der Waals surface area (Å²) in [6.45, 7) is -0.372. The fourth-order valence-electron chi connectivity index (χ4n) is 1.43. The highest BCUT2D eigenvalue weighted by Crippen LogP contribution is 2.51. The summed E-state index contributed by atoms with van der Waals surface area (Å²) in [7, 11) is 0. The van der Waals surface area contributed by atoms with E-state index < -0.39 is 54.3 Å². The molecule has 0 aromatic heterocycles. The van der Waals surface area contributed by atoms with E-state index >= 15 is 0 Å². The molecule has 0 bridgehead atoms. The fraction of sp³-hybridized carbons (Fsp3) is 0.923. The Bertz CT molecular complexity index is 570. The van der Waals surface area contributed by atoms with E-state index in [4.69, 9.17) is 27.9 Å². The normalized spacial score (nSPS) is 17.9. The first-order valence-corrected chi connectivity index (χ1v) is 8.47. The van der Waals surface area contributed by atoms with Crippen molar-refractivity contribution in [3.63, 3.8) is 0 Å². The molecule has 4 nitrogen and oxygen atoms in total. The van der Waals surface area contributed by atoms with E-state index in [1.165, 1.54) is 0 Å². The molecule has 0 N–H and O–H groups in total. The standard InChI is InChI=1S/C13H13Cl2F11O4/c1-6(28-3-2-7(15)4-14)5-29-8(27)9(16,11(19,20)21)30-13(25,26)10(17,18)12(22,23)24/h6-7H,2-5H2,1H3. The number of rotatable bonds is 11. The van der Waals surface area contributed by atoms with Gasteiger partial charge in [-0.2, -0.15) is 48.3 Å². The zero-order chi connectivity index (χ0) is 24.2. The summed E-state index contributed by atoms with van der Waals surface area (Å²) in [5.74, 6) is -17.0. The Kier molecular flexibility index (Phi) is 9.94. The monoisotopic (exact) mass is 512 g/mol. The summed E-state index contributed by atoms with van der Waals surface area (Å²) < 4.78 is 150. The molecule has 0 saturated carbocycles. The number of ether oxygens (including phenoxy) is 3. The maximum Gasteiger partial charge on any atom is 0.462 e. The Morgan fingerprint density at radius 2 is 1.43 bits per heavy atom. The highest BCUT2D eigenvalue weighted by Gasteiger charge is 2.80. The molecule has 3 unspecified atom stereocenters. The topological polar surface area (TPSA) is 44.8 Å². The molecule has 30 heavy (non-hydrogen) atoms. The molecule has 0 spiro atoms. The number of hydrogen-bond acceptors (Lipinski definition) is 4. The number of halogens is 13.